The smallest absolute Gasteiger partial charge is 0.0992 e. The molecule has 8 aromatic carbocycles. The molecule has 0 spiro atoms. The van der Waals surface area contributed by atoms with Crippen LogP contribution in [0, 0.1) is 28.6 Å². The number of nitriles is 2. The molecule has 1 N–H and O–H groups in total. The molecule has 0 bridgehead atoms. The Morgan fingerprint density at radius 2 is 0.928 bits per heavy atom. The van der Waals surface area contributed by atoms with Gasteiger partial charge in [0.25, 0.3) is 0 Å². The summed E-state index contributed by atoms with van der Waals surface area (Å²) in [6.07, 6.45) is 14.0. The molecule has 1 atom stereocenters. The molecule has 69 heavy (non-hydrogen) atoms. The van der Waals surface area contributed by atoms with Crippen LogP contribution in [0.3, 0.4) is 0 Å². The van der Waals surface area contributed by atoms with Gasteiger partial charge in [0.05, 0.1) is 23.3 Å². The van der Waals surface area contributed by atoms with Crippen LogP contribution in [-0.4, -0.2) is 4.98 Å². The molecule has 0 fully saturated rings. The topological polar surface area (TPSA) is 63.4 Å². The molecule has 0 saturated heterocycles. The summed E-state index contributed by atoms with van der Waals surface area (Å²) < 4.78 is 0. The molecule has 3 nitrogen and oxygen atoms in total. The number of hydrogen-bond donors (Lipinski definition) is 1. The summed E-state index contributed by atoms with van der Waals surface area (Å²) in [5.41, 5.74) is 22.0. The predicted molar refractivity (Wildman–Crippen MR) is 288 cm³/mol. The lowest BCUT2D eigenvalue weighted by Crippen LogP contribution is -1.95. The Hall–Kier alpha value is -9.02. The third-order valence-corrected chi connectivity index (χ3v) is 13.0. The molecule has 3 heteroatoms. The third kappa shape index (κ3) is 9.63. The van der Waals surface area contributed by atoms with Crippen molar-refractivity contribution in [1.82, 2.24) is 4.98 Å². The number of aromatic amines is 1. The lowest BCUT2D eigenvalue weighted by atomic mass is 9.89. The van der Waals surface area contributed by atoms with Crippen LogP contribution >= 0.6 is 0 Å². The quantitative estimate of drug-likeness (QED) is 0.132. The van der Waals surface area contributed by atoms with E-state index in [2.05, 4.69) is 201 Å². The van der Waals surface area contributed by atoms with Gasteiger partial charge < -0.3 is 4.98 Å². The molecule has 328 valence electrons. The average molecular weight is 884 g/mol. The van der Waals surface area contributed by atoms with Crippen molar-refractivity contribution in [2.24, 2.45) is 5.92 Å². The van der Waals surface area contributed by atoms with Gasteiger partial charge in [-0.05, 0) is 216 Å². The van der Waals surface area contributed by atoms with Gasteiger partial charge in [0.2, 0.25) is 0 Å². The average Bonchev–Trinajstić information content (AvgIpc) is 3.92. The van der Waals surface area contributed by atoms with E-state index in [4.69, 9.17) is 0 Å². The van der Waals surface area contributed by atoms with E-state index >= 15 is 0 Å². The van der Waals surface area contributed by atoms with E-state index in [0.717, 1.165) is 95.6 Å². The van der Waals surface area contributed by atoms with E-state index in [1.54, 1.807) is 0 Å². The zero-order chi connectivity index (χ0) is 47.3. The van der Waals surface area contributed by atoms with Gasteiger partial charge >= 0.3 is 0 Å². The van der Waals surface area contributed by atoms with Crippen LogP contribution in [0.5, 0.6) is 0 Å². The van der Waals surface area contributed by atoms with Crippen molar-refractivity contribution < 1.29 is 0 Å². The molecule has 1 aliphatic rings. The van der Waals surface area contributed by atoms with Crippen molar-refractivity contribution in [3.8, 4) is 101 Å². The van der Waals surface area contributed by atoms with Gasteiger partial charge in [0.15, 0.2) is 0 Å². The van der Waals surface area contributed by atoms with Gasteiger partial charge in [-0.25, -0.2) is 0 Å². The van der Waals surface area contributed by atoms with Crippen LogP contribution < -0.4 is 0 Å². The zero-order valence-electron chi connectivity index (χ0n) is 38.7. The molecule has 0 radical (unpaired) electrons. The van der Waals surface area contributed by atoms with E-state index < -0.39 is 0 Å². The van der Waals surface area contributed by atoms with Gasteiger partial charge in [-0.1, -0.05) is 141 Å². The molecule has 0 amide bonds. The maximum Gasteiger partial charge on any atom is 0.0992 e. The molecule has 0 saturated carbocycles. The molecule has 1 unspecified atom stereocenters. The second-order valence-electron chi connectivity index (χ2n) is 17.9. The number of rotatable bonds is 11. The van der Waals surface area contributed by atoms with Gasteiger partial charge in [-0.15, -0.1) is 0 Å². The number of nitrogens with zero attached hydrogens (tertiary/aromatic N) is 2. The van der Waals surface area contributed by atoms with E-state index in [9.17, 15) is 10.5 Å². The number of H-pyrrole nitrogens is 1. The van der Waals surface area contributed by atoms with Gasteiger partial charge in [0, 0.05) is 11.9 Å². The second-order valence-corrected chi connectivity index (χ2v) is 17.9. The maximum absolute atomic E-state index is 10.4. The highest BCUT2D eigenvalue weighted by atomic mass is 14.7. The van der Waals surface area contributed by atoms with Crippen LogP contribution in [0.15, 0.2) is 231 Å². The van der Waals surface area contributed by atoms with E-state index in [1.807, 2.05) is 61.5 Å². The van der Waals surface area contributed by atoms with Gasteiger partial charge in [-0.3, -0.25) is 0 Å². The summed E-state index contributed by atoms with van der Waals surface area (Å²) in [5, 5.41) is 20.6. The Morgan fingerprint density at radius 1 is 0.493 bits per heavy atom. The lowest BCUT2D eigenvalue weighted by Gasteiger charge is -2.15. The minimum Gasteiger partial charge on any atom is -0.361 e. The standard InChI is InChI=1S/C66H49N3/c1-4-13-45(3)55-26-46(41-67)28-57(32-55)62-35-61(36-63(37-62)58-29-47(42-68)27-56(33-58)52-19-11-18-51(30-52)48-14-7-5-8-15-48)53-20-12-21-54(31-53)65-40-66(69-43-65)64-38-59(49-16-9-6-10-17-49)34-60(39-64)50-24-22-44(2)23-25-50/h4-22,24-40,43-44,69H,3,23H2,1-2H3/b13-4-. The normalized spacial score (nSPS) is 13.2. The van der Waals surface area contributed by atoms with Crippen molar-refractivity contribution in [3.05, 3.63) is 253 Å². The summed E-state index contributed by atoms with van der Waals surface area (Å²) in [6.45, 7) is 8.53. The number of allylic oxidation sites excluding steroid dienone is 7. The Labute approximate surface area is 405 Å². The second kappa shape index (κ2) is 19.4. The van der Waals surface area contributed by atoms with Crippen LogP contribution in [0.2, 0.25) is 0 Å². The van der Waals surface area contributed by atoms with Gasteiger partial charge in [-0.2, -0.15) is 10.5 Å². The summed E-state index contributed by atoms with van der Waals surface area (Å²) in [6, 6.07) is 70.7. The van der Waals surface area contributed by atoms with Crippen LogP contribution in [0.4, 0.5) is 0 Å². The minimum atomic E-state index is 0.536. The Kier molecular flexibility index (Phi) is 12.4. The van der Waals surface area contributed by atoms with Crippen LogP contribution in [-0.2, 0) is 0 Å². The summed E-state index contributed by atoms with van der Waals surface area (Å²) in [5.74, 6) is 0.536. The Morgan fingerprint density at radius 3 is 1.51 bits per heavy atom. The highest BCUT2D eigenvalue weighted by Gasteiger charge is 2.16. The molecule has 10 rings (SSSR count). The monoisotopic (exact) mass is 883 g/mol. The molecule has 1 aromatic heterocycles. The Bertz CT molecular complexity index is 3580. The lowest BCUT2D eigenvalue weighted by molar-refractivity contribution is 0.739. The first-order valence-electron chi connectivity index (χ1n) is 23.4. The number of benzene rings is 8. The van der Waals surface area contributed by atoms with Crippen molar-refractivity contribution in [2.45, 2.75) is 20.3 Å². The largest absolute Gasteiger partial charge is 0.361 e. The fraction of sp³-hybridized carbons (Fsp3) is 0.0606. The highest BCUT2D eigenvalue weighted by molar-refractivity contribution is 5.88. The molecule has 0 aliphatic heterocycles. The van der Waals surface area contributed by atoms with Crippen LogP contribution in [0.25, 0.3) is 100 Å². The predicted octanol–water partition coefficient (Wildman–Crippen LogP) is 17.7. The summed E-state index contributed by atoms with van der Waals surface area (Å²) >= 11 is 0. The van der Waals surface area contributed by atoms with Crippen molar-refractivity contribution in [1.29, 1.82) is 10.5 Å². The minimum absolute atomic E-state index is 0.536. The maximum atomic E-state index is 10.4. The first kappa shape index (κ1) is 43.9. The summed E-state index contributed by atoms with van der Waals surface area (Å²) in [7, 11) is 0. The fourth-order valence-electron chi connectivity index (χ4n) is 9.30. The highest BCUT2D eigenvalue weighted by Crippen LogP contribution is 2.39. The fourth-order valence-corrected chi connectivity index (χ4v) is 9.30. The van der Waals surface area contributed by atoms with Crippen LogP contribution in [0.1, 0.15) is 42.5 Å². The van der Waals surface area contributed by atoms with E-state index in [1.165, 1.54) is 22.3 Å². The van der Waals surface area contributed by atoms with Crippen molar-refractivity contribution in [2.75, 3.05) is 0 Å². The van der Waals surface area contributed by atoms with E-state index in [0.29, 0.717) is 17.0 Å². The number of hydrogen-bond acceptors (Lipinski definition) is 2. The molecular formula is C66H49N3. The molecule has 1 heterocycles. The first-order chi connectivity index (χ1) is 33.8. The van der Waals surface area contributed by atoms with Gasteiger partial charge in [0.1, 0.15) is 0 Å². The SMILES string of the molecule is C=C(/C=C\C)c1cc(C#N)cc(-c2cc(-c3cccc(-c4c[nH]c(-c5cc(C6=CCC(C)C=C6)cc(-c6ccccc6)c5)c4)c3)cc(-c3cc(C#N)cc(-c4cccc(-c5ccccc5)c4)c3)c2)c1. The molecular weight excluding hydrogens is 835 g/mol. The van der Waals surface area contributed by atoms with E-state index in [-0.39, 0.29) is 0 Å². The Balaban J connectivity index is 1.08. The molecule has 1 aliphatic carbocycles. The first-order valence-corrected chi connectivity index (χ1v) is 23.4. The molecule has 9 aromatic rings. The summed E-state index contributed by atoms with van der Waals surface area (Å²) in [4.78, 5) is 3.63. The number of aromatic nitrogens is 1. The zero-order valence-corrected chi connectivity index (χ0v) is 38.7. The number of nitrogens with one attached hydrogen (secondary N) is 1. The third-order valence-electron chi connectivity index (χ3n) is 13.0. The van der Waals surface area contributed by atoms with Crippen molar-refractivity contribution >= 4 is 11.1 Å². The van der Waals surface area contributed by atoms with Crippen molar-refractivity contribution in [3.63, 3.8) is 0 Å².